The molecule has 0 aliphatic carbocycles. The van der Waals surface area contributed by atoms with E-state index in [-0.39, 0.29) is 11.9 Å². The molecule has 0 aromatic rings. The topological polar surface area (TPSA) is 52.6 Å². The van der Waals surface area contributed by atoms with E-state index in [1.54, 1.807) is 0 Å². The van der Waals surface area contributed by atoms with E-state index in [4.69, 9.17) is 11.2 Å². The largest absolute Gasteiger partial charge is 0.469 e. The van der Waals surface area contributed by atoms with Crippen LogP contribution in [0.4, 0.5) is 0 Å². The number of terminal acetylenes is 1. The number of ether oxygens (including phenoxy) is 2. The smallest absolute Gasteiger partial charge is 0.305 e. The van der Waals surface area contributed by atoms with Crippen LogP contribution in [-0.2, 0) is 19.1 Å². The summed E-state index contributed by atoms with van der Waals surface area (Å²) >= 11 is 0. The van der Waals surface area contributed by atoms with Crippen molar-refractivity contribution in [3.05, 3.63) is 0 Å². The second kappa shape index (κ2) is 7.86. The number of hydrogen-bond donors (Lipinski definition) is 0. The zero-order valence-corrected chi connectivity index (χ0v) is 9.12. The Balaban J connectivity index is 3.60. The first-order valence-corrected chi connectivity index (χ1v) is 4.80. The average Bonchev–Trinajstić information content (AvgIpc) is 2.21. The predicted molar refractivity (Wildman–Crippen MR) is 54.9 cm³/mol. The third-order valence-electron chi connectivity index (χ3n) is 1.82. The third-order valence-corrected chi connectivity index (χ3v) is 1.82. The Labute approximate surface area is 89.9 Å². The van der Waals surface area contributed by atoms with E-state index < -0.39 is 6.10 Å². The van der Waals surface area contributed by atoms with Crippen molar-refractivity contribution in [1.82, 2.24) is 0 Å². The fourth-order valence-electron chi connectivity index (χ4n) is 1.08. The van der Waals surface area contributed by atoms with Gasteiger partial charge in [0.25, 0.3) is 0 Å². The maximum Gasteiger partial charge on any atom is 0.305 e. The molecule has 0 radical (unpaired) electrons. The van der Waals surface area contributed by atoms with Gasteiger partial charge in [0.05, 0.1) is 7.11 Å². The van der Waals surface area contributed by atoms with Crippen LogP contribution in [0.2, 0.25) is 0 Å². The molecule has 84 valence electrons. The van der Waals surface area contributed by atoms with E-state index in [0.717, 1.165) is 6.42 Å². The fraction of sp³-hybridized carbons (Fsp3) is 0.636. The summed E-state index contributed by atoms with van der Waals surface area (Å²) in [5.74, 6) is 1.76. The molecule has 0 bridgehead atoms. The zero-order chi connectivity index (χ0) is 11.7. The Morgan fingerprint density at radius 3 is 2.53 bits per heavy atom. The lowest BCUT2D eigenvalue weighted by Crippen LogP contribution is -2.14. The molecule has 0 aliphatic heterocycles. The molecule has 0 rings (SSSR count). The Morgan fingerprint density at radius 2 is 2.07 bits per heavy atom. The summed E-state index contributed by atoms with van der Waals surface area (Å²) in [6.07, 6.45) is 7.05. The van der Waals surface area contributed by atoms with Crippen LogP contribution < -0.4 is 0 Å². The number of esters is 2. The normalized spacial score (nSPS) is 11.3. The van der Waals surface area contributed by atoms with Crippen LogP contribution in [0.3, 0.4) is 0 Å². The molecule has 0 spiro atoms. The first kappa shape index (κ1) is 13.5. The van der Waals surface area contributed by atoms with Crippen molar-refractivity contribution < 1.29 is 19.1 Å². The zero-order valence-electron chi connectivity index (χ0n) is 9.12. The van der Waals surface area contributed by atoms with Gasteiger partial charge in [0.1, 0.15) is 0 Å². The molecule has 4 nitrogen and oxygen atoms in total. The number of rotatable bonds is 6. The van der Waals surface area contributed by atoms with Crippen molar-refractivity contribution in [3.63, 3.8) is 0 Å². The SMILES string of the molecule is C#C[C@@H](CCCCC(=O)OC)OC(C)=O. The van der Waals surface area contributed by atoms with Crippen LogP contribution in [0.1, 0.15) is 32.6 Å². The molecule has 15 heavy (non-hydrogen) atoms. The van der Waals surface area contributed by atoms with E-state index >= 15 is 0 Å². The van der Waals surface area contributed by atoms with Gasteiger partial charge in [-0.3, -0.25) is 9.59 Å². The van der Waals surface area contributed by atoms with Gasteiger partial charge in [-0.05, 0) is 19.3 Å². The van der Waals surface area contributed by atoms with Crippen molar-refractivity contribution in [1.29, 1.82) is 0 Å². The van der Waals surface area contributed by atoms with E-state index in [2.05, 4.69) is 10.7 Å². The molecular weight excluding hydrogens is 196 g/mol. The van der Waals surface area contributed by atoms with Crippen molar-refractivity contribution in [2.45, 2.75) is 38.7 Å². The van der Waals surface area contributed by atoms with Crippen molar-refractivity contribution in [3.8, 4) is 12.3 Å². The molecule has 0 aromatic carbocycles. The highest BCUT2D eigenvalue weighted by Crippen LogP contribution is 2.07. The number of carbonyl (C=O) groups excluding carboxylic acids is 2. The van der Waals surface area contributed by atoms with Gasteiger partial charge in [-0.2, -0.15) is 0 Å². The summed E-state index contributed by atoms with van der Waals surface area (Å²) in [5.41, 5.74) is 0. The molecule has 0 fully saturated rings. The average molecular weight is 212 g/mol. The standard InChI is InChI=1S/C11H16O4/c1-4-10(15-9(2)12)7-5-6-8-11(13)14-3/h1,10H,5-8H2,2-3H3/t10-/m0/s1. The van der Waals surface area contributed by atoms with Crippen LogP contribution in [0.15, 0.2) is 0 Å². The Bertz CT molecular complexity index is 252. The highest BCUT2D eigenvalue weighted by Gasteiger charge is 2.08. The van der Waals surface area contributed by atoms with Gasteiger partial charge in [-0.25, -0.2) is 0 Å². The maximum absolute atomic E-state index is 10.8. The summed E-state index contributed by atoms with van der Waals surface area (Å²) in [6.45, 7) is 1.32. The third kappa shape index (κ3) is 7.56. The van der Waals surface area contributed by atoms with Gasteiger partial charge < -0.3 is 9.47 Å². The van der Waals surface area contributed by atoms with Crippen LogP contribution >= 0.6 is 0 Å². The highest BCUT2D eigenvalue weighted by molar-refractivity contribution is 5.69. The van der Waals surface area contributed by atoms with Crippen LogP contribution in [0.25, 0.3) is 0 Å². The lowest BCUT2D eigenvalue weighted by molar-refractivity contribution is -0.144. The van der Waals surface area contributed by atoms with E-state index in [9.17, 15) is 9.59 Å². The molecule has 0 saturated heterocycles. The minimum absolute atomic E-state index is 0.236. The van der Waals surface area contributed by atoms with Crippen LogP contribution in [0.5, 0.6) is 0 Å². The summed E-state index contributed by atoms with van der Waals surface area (Å²) in [7, 11) is 1.35. The number of unbranched alkanes of at least 4 members (excludes halogenated alkanes) is 1. The molecule has 0 heterocycles. The van der Waals surface area contributed by atoms with Crippen LogP contribution in [-0.4, -0.2) is 25.2 Å². The lowest BCUT2D eigenvalue weighted by Gasteiger charge is -2.09. The van der Waals surface area contributed by atoms with Gasteiger partial charge in [0.2, 0.25) is 0 Å². The molecule has 0 amide bonds. The molecule has 0 saturated carbocycles. The fourth-order valence-corrected chi connectivity index (χ4v) is 1.08. The number of hydrogen-bond acceptors (Lipinski definition) is 4. The minimum atomic E-state index is -0.486. The first-order valence-electron chi connectivity index (χ1n) is 4.80. The lowest BCUT2D eigenvalue weighted by atomic mass is 10.1. The molecular formula is C11H16O4. The van der Waals surface area contributed by atoms with Crippen molar-refractivity contribution in [2.24, 2.45) is 0 Å². The number of carbonyl (C=O) groups is 2. The monoisotopic (exact) mass is 212 g/mol. The summed E-state index contributed by atoms with van der Waals surface area (Å²) < 4.78 is 9.33. The van der Waals surface area contributed by atoms with Gasteiger partial charge in [-0.15, -0.1) is 6.42 Å². The maximum atomic E-state index is 10.8. The summed E-state index contributed by atoms with van der Waals surface area (Å²) in [5, 5.41) is 0. The van der Waals surface area contributed by atoms with E-state index in [1.807, 2.05) is 0 Å². The van der Waals surface area contributed by atoms with Crippen molar-refractivity contribution >= 4 is 11.9 Å². The van der Waals surface area contributed by atoms with Gasteiger partial charge in [-0.1, -0.05) is 5.92 Å². The second-order valence-electron chi connectivity index (χ2n) is 3.09. The Morgan fingerprint density at radius 1 is 1.40 bits per heavy atom. The molecule has 0 N–H and O–H groups in total. The van der Waals surface area contributed by atoms with E-state index in [1.165, 1.54) is 14.0 Å². The summed E-state index contributed by atoms with van der Waals surface area (Å²) in [4.78, 5) is 21.4. The van der Waals surface area contributed by atoms with Gasteiger partial charge in [0, 0.05) is 13.3 Å². The molecule has 4 heteroatoms. The van der Waals surface area contributed by atoms with Gasteiger partial charge >= 0.3 is 11.9 Å². The highest BCUT2D eigenvalue weighted by atomic mass is 16.5. The number of methoxy groups -OCH3 is 1. The molecule has 0 aromatic heterocycles. The molecule has 1 atom stereocenters. The van der Waals surface area contributed by atoms with Gasteiger partial charge in [0.15, 0.2) is 6.10 Å². The quantitative estimate of drug-likeness (QED) is 0.378. The summed E-state index contributed by atoms with van der Waals surface area (Å²) in [6, 6.07) is 0. The second-order valence-corrected chi connectivity index (χ2v) is 3.09. The Hall–Kier alpha value is -1.50. The van der Waals surface area contributed by atoms with Crippen LogP contribution in [0, 0.1) is 12.3 Å². The molecule has 0 aliphatic rings. The van der Waals surface area contributed by atoms with E-state index in [0.29, 0.717) is 19.3 Å². The predicted octanol–water partition coefficient (Wildman–Crippen LogP) is 1.28. The minimum Gasteiger partial charge on any atom is -0.469 e. The Kier molecular flexibility index (Phi) is 7.08. The first-order chi connectivity index (χ1) is 7.10. The van der Waals surface area contributed by atoms with Crippen molar-refractivity contribution in [2.75, 3.05) is 7.11 Å². The molecule has 0 unspecified atom stereocenters.